The number of carbonyl (C=O) groups is 2. The van der Waals surface area contributed by atoms with Crippen molar-refractivity contribution >= 4 is 17.8 Å². The van der Waals surface area contributed by atoms with Crippen molar-refractivity contribution in [1.82, 2.24) is 4.98 Å². The van der Waals surface area contributed by atoms with Gasteiger partial charge in [-0.15, -0.1) is 0 Å². The number of carbonyl (C=O) groups excluding carboxylic acids is 2. The van der Waals surface area contributed by atoms with Crippen molar-refractivity contribution in [2.45, 2.75) is 41.0 Å². The minimum absolute atomic E-state index is 0.0826. The molecule has 0 spiro atoms. The molecular formula is C17H23NO3. The van der Waals surface area contributed by atoms with Crippen molar-refractivity contribution in [2.75, 3.05) is 6.61 Å². The zero-order valence-electron chi connectivity index (χ0n) is 13.4. The largest absolute Gasteiger partial charge is 0.462 e. The second-order valence-corrected chi connectivity index (χ2v) is 6.23. The van der Waals surface area contributed by atoms with Gasteiger partial charge in [-0.3, -0.25) is 9.78 Å². The number of hydrogen-bond donors (Lipinski definition) is 0. The molecule has 0 unspecified atom stereocenters. The minimum atomic E-state index is -0.576. The van der Waals surface area contributed by atoms with Crippen LogP contribution in [0.5, 0.6) is 0 Å². The van der Waals surface area contributed by atoms with Crippen LogP contribution in [-0.4, -0.2) is 23.3 Å². The van der Waals surface area contributed by atoms with Gasteiger partial charge in [-0.2, -0.15) is 0 Å². The number of esters is 1. The van der Waals surface area contributed by atoms with Crippen LogP contribution in [0.25, 0.3) is 6.08 Å². The molecule has 4 heteroatoms. The molecule has 0 aliphatic heterocycles. The number of aromatic nitrogens is 1. The standard InChI is InChI=1S/C17H23NO3/c1-6-21-16(20)14(15(19)9-17(3,4)5)8-13-7-12(2)10-18-11-13/h7-8,10-11H,6,9H2,1-5H3. The van der Waals surface area contributed by atoms with Crippen molar-refractivity contribution in [3.05, 3.63) is 35.2 Å². The van der Waals surface area contributed by atoms with Gasteiger partial charge >= 0.3 is 5.97 Å². The van der Waals surface area contributed by atoms with Crippen LogP contribution in [0, 0.1) is 12.3 Å². The Balaban J connectivity index is 3.13. The van der Waals surface area contributed by atoms with Crippen LogP contribution in [0.1, 0.15) is 45.2 Å². The summed E-state index contributed by atoms with van der Waals surface area (Å²) in [6.45, 7) is 9.75. The highest BCUT2D eigenvalue weighted by Gasteiger charge is 2.24. The van der Waals surface area contributed by atoms with Crippen LogP contribution in [0.4, 0.5) is 0 Å². The van der Waals surface area contributed by atoms with Gasteiger partial charge in [0.05, 0.1) is 6.61 Å². The van der Waals surface area contributed by atoms with Crippen molar-refractivity contribution < 1.29 is 14.3 Å². The predicted molar refractivity (Wildman–Crippen MR) is 82.7 cm³/mol. The lowest BCUT2D eigenvalue weighted by molar-refractivity contribution is -0.140. The number of ether oxygens (including phenoxy) is 1. The first kappa shape index (κ1) is 17.1. The van der Waals surface area contributed by atoms with E-state index >= 15 is 0 Å². The van der Waals surface area contributed by atoms with Crippen LogP contribution >= 0.6 is 0 Å². The molecule has 114 valence electrons. The van der Waals surface area contributed by atoms with E-state index < -0.39 is 5.97 Å². The number of ketones is 1. The number of rotatable bonds is 5. The van der Waals surface area contributed by atoms with E-state index in [1.54, 1.807) is 25.4 Å². The Bertz CT molecular complexity index is 553. The average Bonchev–Trinajstić information content (AvgIpc) is 2.34. The molecule has 0 aliphatic carbocycles. The van der Waals surface area contributed by atoms with Crippen LogP contribution in [-0.2, 0) is 14.3 Å². The number of aryl methyl sites for hydroxylation is 1. The molecule has 0 aliphatic rings. The Morgan fingerprint density at radius 1 is 1.29 bits per heavy atom. The van der Waals surface area contributed by atoms with Crippen molar-refractivity contribution in [3.8, 4) is 0 Å². The van der Waals surface area contributed by atoms with E-state index in [1.165, 1.54) is 0 Å². The van der Waals surface area contributed by atoms with Gasteiger partial charge < -0.3 is 4.74 Å². The summed E-state index contributed by atoms with van der Waals surface area (Å²) in [6.07, 6.45) is 5.19. The Labute approximate surface area is 126 Å². The van der Waals surface area contributed by atoms with E-state index in [0.29, 0.717) is 0 Å². The third-order valence-corrected chi connectivity index (χ3v) is 2.69. The summed E-state index contributed by atoms with van der Waals surface area (Å²) < 4.78 is 4.99. The molecule has 0 aromatic carbocycles. The van der Waals surface area contributed by atoms with Crippen molar-refractivity contribution in [3.63, 3.8) is 0 Å². The predicted octanol–water partition coefficient (Wildman–Crippen LogP) is 3.34. The summed E-state index contributed by atoms with van der Waals surface area (Å²) in [4.78, 5) is 28.5. The summed E-state index contributed by atoms with van der Waals surface area (Å²) in [7, 11) is 0. The van der Waals surface area contributed by atoms with Gasteiger partial charge in [0.1, 0.15) is 5.57 Å². The second kappa shape index (κ2) is 7.16. The molecule has 0 bridgehead atoms. The summed E-state index contributed by atoms with van der Waals surface area (Å²) in [5.41, 5.74) is 1.59. The quantitative estimate of drug-likeness (QED) is 0.361. The first-order valence-corrected chi connectivity index (χ1v) is 7.06. The van der Waals surface area contributed by atoms with Gasteiger partial charge in [0.25, 0.3) is 0 Å². The summed E-state index contributed by atoms with van der Waals surface area (Å²) in [6, 6.07) is 1.87. The van der Waals surface area contributed by atoms with E-state index in [1.807, 2.05) is 33.8 Å². The molecular weight excluding hydrogens is 266 g/mol. The van der Waals surface area contributed by atoms with Crippen LogP contribution < -0.4 is 0 Å². The molecule has 0 atom stereocenters. The van der Waals surface area contributed by atoms with E-state index in [2.05, 4.69) is 4.98 Å². The van der Waals surface area contributed by atoms with E-state index in [9.17, 15) is 9.59 Å². The number of pyridine rings is 1. The molecule has 21 heavy (non-hydrogen) atoms. The van der Waals surface area contributed by atoms with Gasteiger partial charge in [-0.05, 0) is 42.5 Å². The van der Waals surface area contributed by atoms with Crippen molar-refractivity contribution in [1.29, 1.82) is 0 Å². The fraction of sp³-hybridized carbons (Fsp3) is 0.471. The van der Waals surface area contributed by atoms with Gasteiger partial charge in [0.15, 0.2) is 5.78 Å². The molecule has 1 heterocycles. The molecule has 0 N–H and O–H groups in total. The lowest BCUT2D eigenvalue weighted by Crippen LogP contribution is -2.20. The maximum absolute atomic E-state index is 12.4. The smallest absolute Gasteiger partial charge is 0.341 e. The van der Waals surface area contributed by atoms with Gasteiger partial charge in [0.2, 0.25) is 0 Å². The van der Waals surface area contributed by atoms with E-state index in [-0.39, 0.29) is 29.8 Å². The number of nitrogens with zero attached hydrogens (tertiary/aromatic N) is 1. The molecule has 1 aromatic rings. The normalized spacial score (nSPS) is 12.1. The summed E-state index contributed by atoms with van der Waals surface area (Å²) in [5.74, 6) is -0.782. The average molecular weight is 289 g/mol. The lowest BCUT2D eigenvalue weighted by atomic mass is 9.87. The third kappa shape index (κ3) is 5.90. The van der Waals surface area contributed by atoms with Gasteiger partial charge in [-0.25, -0.2) is 4.79 Å². The molecule has 1 aromatic heterocycles. The molecule has 0 saturated heterocycles. The first-order valence-electron chi connectivity index (χ1n) is 7.06. The first-order chi connectivity index (χ1) is 9.73. The zero-order valence-corrected chi connectivity index (χ0v) is 13.4. The highest BCUT2D eigenvalue weighted by molar-refractivity contribution is 6.20. The molecule has 0 saturated carbocycles. The topological polar surface area (TPSA) is 56.3 Å². The summed E-state index contributed by atoms with van der Waals surface area (Å²) in [5, 5.41) is 0. The van der Waals surface area contributed by atoms with E-state index in [4.69, 9.17) is 4.74 Å². The highest BCUT2D eigenvalue weighted by Crippen LogP contribution is 2.22. The Hall–Kier alpha value is -1.97. The van der Waals surface area contributed by atoms with Gasteiger partial charge in [0, 0.05) is 18.8 Å². The number of hydrogen-bond acceptors (Lipinski definition) is 4. The fourth-order valence-electron chi connectivity index (χ4n) is 1.86. The molecule has 4 nitrogen and oxygen atoms in total. The van der Waals surface area contributed by atoms with E-state index in [0.717, 1.165) is 11.1 Å². The summed E-state index contributed by atoms with van der Waals surface area (Å²) >= 11 is 0. The Morgan fingerprint density at radius 2 is 1.95 bits per heavy atom. The lowest BCUT2D eigenvalue weighted by Gasteiger charge is -2.17. The fourth-order valence-corrected chi connectivity index (χ4v) is 1.86. The zero-order chi connectivity index (χ0) is 16.0. The Kier molecular flexibility index (Phi) is 5.82. The molecule has 0 fully saturated rings. The maximum Gasteiger partial charge on any atom is 0.341 e. The van der Waals surface area contributed by atoms with Gasteiger partial charge in [-0.1, -0.05) is 20.8 Å². The highest BCUT2D eigenvalue weighted by atomic mass is 16.5. The number of Topliss-reactive ketones (excluding diaryl/α,β-unsaturated/α-hetero) is 1. The van der Waals surface area contributed by atoms with Crippen LogP contribution in [0.3, 0.4) is 0 Å². The molecule has 1 rings (SSSR count). The Morgan fingerprint density at radius 3 is 2.48 bits per heavy atom. The molecule has 0 radical (unpaired) electrons. The molecule has 0 amide bonds. The minimum Gasteiger partial charge on any atom is -0.462 e. The third-order valence-electron chi connectivity index (χ3n) is 2.69. The van der Waals surface area contributed by atoms with Crippen molar-refractivity contribution in [2.24, 2.45) is 5.41 Å². The van der Waals surface area contributed by atoms with Crippen LogP contribution in [0.15, 0.2) is 24.0 Å². The second-order valence-electron chi connectivity index (χ2n) is 6.23. The monoisotopic (exact) mass is 289 g/mol. The maximum atomic E-state index is 12.4. The van der Waals surface area contributed by atoms with Crippen LogP contribution in [0.2, 0.25) is 0 Å². The SMILES string of the molecule is CCOC(=O)C(=Cc1cncc(C)c1)C(=O)CC(C)(C)C.